The Labute approximate surface area is 182 Å². The minimum absolute atomic E-state index is 0.000372. The molecule has 5 heteroatoms. The van der Waals surface area contributed by atoms with Crippen LogP contribution in [0.2, 0.25) is 0 Å². The molecule has 30 heavy (non-hydrogen) atoms. The number of aliphatic hydroxyl groups excluding tert-OH is 1. The molecule has 1 aliphatic carbocycles. The molecule has 172 valence electrons. The first kappa shape index (κ1) is 25.1. The average molecular weight is 423 g/mol. The highest BCUT2D eigenvalue weighted by atomic mass is 16.7. The molecule has 1 saturated heterocycles. The number of allylic oxidation sites excluding steroid dienone is 3. The van der Waals surface area contributed by atoms with Gasteiger partial charge in [0.2, 0.25) is 0 Å². The summed E-state index contributed by atoms with van der Waals surface area (Å²) in [6, 6.07) is 0. The summed E-state index contributed by atoms with van der Waals surface area (Å²) in [6.45, 7) is 2.99. The molecule has 0 bridgehead atoms. The standard InChI is InChI=1S/C25H42O5/c1-2-3-4-5-6-10-15-21-20(14-9-7-8-11-16-24(27)28)22(26)19-23(21)30-25-17-12-13-18-29-25/h7,9-10,15,20-23,25-26H,2-6,8,11-14,16-19H2,1H3,(H,27,28)/t20-,21-,22+,23-,25?/m1/s1. The van der Waals surface area contributed by atoms with Crippen molar-refractivity contribution < 1.29 is 24.5 Å². The number of aliphatic carboxylic acids is 1. The number of hydrogen-bond acceptors (Lipinski definition) is 4. The van der Waals surface area contributed by atoms with Crippen LogP contribution >= 0.6 is 0 Å². The second-order valence-electron chi connectivity index (χ2n) is 8.79. The summed E-state index contributed by atoms with van der Waals surface area (Å²) in [7, 11) is 0. The third-order valence-corrected chi connectivity index (χ3v) is 6.28. The normalized spacial score (nSPS) is 29.9. The van der Waals surface area contributed by atoms with Crippen molar-refractivity contribution in [2.24, 2.45) is 11.8 Å². The predicted molar refractivity (Wildman–Crippen MR) is 119 cm³/mol. The number of aliphatic hydroxyl groups is 1. The van der Waals surface area contributed by atoms with E-state index in [-0.39, 0.29) is 36.8 Å². The molecule has 2 rings (SSSR count). The zero-order valence-corrected chi connectivity index (χ0v) is 18.7. The fraction of sp³-hybridized carbons (Fsp3) is 0.800. The van der Waals surface area contributed by atoms with Crippen molar-refractivity contribution in [3.63, 3.8) is 0 Å². The first-order valence-electron chi connectivity index (χ1n) is 12.1. The van der Waals surface area contributed by atoms with Crippen LogP contribution in [0.25, 0.3) is 0 Å². The summed E-state index contributed by atoms with van der Waals surface area (Å²) in [5.41, 5.74) is 0. The van der Waals surface area contributed by atoms with Crippen molar-refractivity contribution in [2.45, 2.75) is 109 Å². The lowest BCUT2D eigenvalue weighted by molar-refractivity contribution is -0.193. The molecule has 5 atom stereocenters. The number of ether oxygens (including phenoxy) is 2. The third kappa shape index (κ3) is 9.32. The molecule has 1 aliphatic heterocycles. The molecule has 1 unspecified atom stereocenters. The molecule has 1 saturated carbocycles. The molecule has 1 heterocycles. The average Bonchev–Trinajstić information content (AvgIpc) is 3.02. The highest BCUT2D eigenvalue weighted by molar-refractivity contribution is 5.66. The third-order valence-electron chi connectivity index (χ3n) is 6.28. The van der Waals surface area contributed by atoms with Crippen molar-refractivity contribution in [2.75, 3.05) is 6.61 Å². The van der Waals surface area contributed by atoms with Crippen molar-refractivity contribution >= 4 is 5.97 Å². The molecule has 0 amide bonds. The molecule has 0 aromatic rings. The van der Waals surface area contributed by atoms with Crippen LogP contribution < -0.4 is 0 Å². The summed E-state index contributed by atoms with van der Waals surface area (Å²) >= 11 is 0. The van der Waals surface area contributed by atoms with E-state index in [4.69, 9.17) is 14.6 Å². The van der Waals surface area contributed by atoms with Gasteiger partial charge in [0.15, 0.2) is 6.29 Å². The lowest BCUT2D eigenvalue weighted by Crippen LogP contribution is -2.30. The summed E-state index contributed by atoms with van der Waals surface area (Å²) in [5, 5.41) is 19.5. The fourth-order valence-electron chi connectivity index (χ4n) is 4.53. The molecule has 0 aromatic heterocycles. The Morgan fingerprint density at radius 3 is 2.67 bits per heavy atom. The van der Waals surface area contributed by atoms with Crippen molar-refractivity contribution in [1.82, 2.24) is 0 Å². The predicted octanol–water partition coefficient (Wildman–Crippen LogP) is 5.62. The SMILES string of the molecule is CCCCCCC=C[C@@H]1[C@@H](CC=CCCCC(=O)O)[C@@H](O)C[C@H]1OC1CCCCO1. The summed E-state index contributed by atoms with van der Waals surface area (Å²) < 4.78 is 12.1. The van der Waals surface area contributed by atoms with E-state index < -0.39 is 5.97 Å². The van der Waals surface area contributed by atoms with E-state index in [1.807, 2.05) is 0 Å². The van der Waals surface area contributed by atoms with Gasteiger partial charge in [0, 0.05) is 25.4 Å². The number of hydrogen-bond donors (Lipinski definition) is 2. The maximum absolute atomic E-state index is 10.7. The van der Waals surface area contributed by atoms with Crippen molar-refractivity contribution in [3.05, 3.63) is 24.3 Å². The van der Waals surface area contributed by atoms with Gasteiger partial charge in [-0.1, -0.05) is 50.5 Å². The Kier molecular flexibility index (Phi) is 12.4. The molecule has 0 radical (unpaired) electrons. The lowest BCUT2D eigenvalue weighted by Gasteiger charge is -2.29. The Bertz CT molecular complexity index is 524. The van der Waals surface area contributed by atoms with Gasteiger partial charge in [0.05, 0.1) is 12.2 Å². The number of carbonyl (C=O) groups is 1. The van der Waals surface area contributed by atoms with Crippen molar-refractivity contribution in [3.8, 4) is 0 Å². The van der Waals surface area contributed by atoms with Crippen LogP contribution in [0, 0.1) is 11.8 Å². The van der Waals surface area contributed by atoms with Crippen molar-refractivity contribution in [1.29, 1.82) is 0 Å². The molecule has 5 nitrogen and oxygen atoms in total. The lowest BCUT2D eigenvalue weighted by atomic mass is 9.89. The second-order valence-corrected chi connectivity index (χ2v) is 8.79. The summed E-state index contributed by atoms with van der Waals surface area (Å²) in [5.74, 6) is -0.412. The monoisotopic (exact) mass is 422 g/mol. The molecular formula is C25H42O5. The smallest absolute Gasteiger partial charge is 0.303 e. The van der Waals surface area contributed by atoms with Gasteiger partial charge >= 0.3 is 5.97 Å². The second kappa shape index (κ2) is 14.8. The highest BCUT2D eigenvalue weighted by Gasteiger charge is 2.42. The van der Waals surface area contributed by atoms with Crippen LogP contribution in [0.1, 0.15) is 90.4 Å². The van der Waals surface area contributed by atoms with Gasteiger partial charge in [0.25, 0.3) is 0 Å². The zero-order chi connectivity index (χ0) is 21.6. The molecular weight excluding hydrogens is 380 g/mol. The van der Waals surface area contributed by atoms with Crippen LogP contribution in [-0.2, 0) is 14.3 Å². The van der Waals surface area contributed by atoms with E-state index in [1.54, 1.807) is 0 Å². The summed E-state index contributed by atoms with van der Waals surface area (Å²) in [4.78, 5) is 10.6. The van der Waals surface area contributed by atoms with Crippen LogP contribution in [0.15, 0.2) is 24.3 Å². The molecule has 2 aliphatic rings. The van der Waals surface area contributed by atoms with Gasteiger partial charge in [-0.15, -0.1) is 0 Å². The first-order chi connectivity index (χ1) is 14.6. The maximum atomic E-state index is 10.7. The minimum atomic E-state index is -0.747. The number of unbranched alkanes of at least 4 members (excludes halogenated alkanes) is 5. The van der Waals surface area contributed by atoms with Gasteiger partial charge in [-0.25, -0.2) is 0 Å². The zero-order valence-electron chi connectivity index (χ0n) is 18.7. The van der Waals surface area contributed by atoms with Crippen LogP contribution in [0.5, 0.6) is 0 Å². The van der Waals surface area contributed by atoms with Crippen LogP contribution in [0.4, 0.5) is 0 Å². The Morgan fingerprint density at radius 1 is 1.10 bits per heavy atom. The fourth-order valence-corrected chi connectivity index (χ4v) is 4.53. The maximum Gasteiger partial charge on any atom is 0.303 e. The number of rotatable bonds is 14. The molecule has 0 aromatic carbocycles. The van der Waals surface area contributed by atoms with Gasteiger partial charge in [-0.2, -0.15) is 0 Å². The first-order valence-corrected chi connectivity index (χ1v) is 12.1. The molecule has 0 spiro atoms. The topological polar surface area (TPSA) is 76.0 Å². The van der Waals surface area contributed by atoms with E-state index in [0.717, 1.165) is 45.1 Å². The minimum Gasteiger partial charge on any atom is -0.481 e. The molecule has 2 N–H and O–H groups in total. The number of carboxylic acid groups (broad SMARTS) is 1. The van der Waals surface area contributed by atoms with Gasteiger partial charge < -0.3 is 19.7 Å². The Balaban J connectivity index is 1.90. The van der Waals surface area contributed by atoms with Gasteiger partial charge in [-0.3, -0.25) is 4.79 Å². The largest absolute Gasteiger partial charge is 0.481 e. The molecule has 2 fully saturated rings. The van der Waals surface area contributed by atoms with Crippen LogP contribution in [0.3, 0.4) is 0 Å². The quantitative estimate of drug-likeness (QED) is 0.280. The van der Waals surface area contributed by atoms with Crippen LogP contribution in [-0.4, -0.2) is 41.3 Å². The van der Waals surface area contributed by atoms with E-state index in [0.29, 0.717) is 12.8 Å². The van der Waals surface area contributed by atoms with Gasteiger partial charge in [0.1, 0.15) is 0 Å². The summed E-state index contributed by atoms with van der Waals surface area (Å²) in [6.07, 6.45) is 20.6. The van der Waals surface area contributed by atoms with E-state index in [1.165, 1.54) is 25.7 Å². The Hall–Kier alpha value is -1.17. The van der Waals surface area contributed by atoms with E-state index >= 15 is 0 Å². The van der Waals surface area contributed by atoms with E-state index in [9.17, 15) is 9.90 Å². The van der Waals surface area contributed by atoms with E-state index in [2.05, 4.69) is 31.2 Å². The highest BCUT2D eigenvalue weighted by Crippen LogP contribution is 2.39. The van der Waals surface area contributed by atoms with Gasteiger partial charge in [-0.05, 0) is 57.3 Å². The Morgan fingerprint density at radius 2 is 1.93 bits per heavy atom. The number of carboxylic acids is 1.